The third-order valence-corrected chi connectivity index (χ3v) is 4.65. The normalized spacial score (nSPS) is 12.8. The lowest BCUT2D eigenvalue weighted by Crippen LogP contribution is -2.36. The molecule has 154 valence electrons. The molecule has 0 aromatic carbocycles. The molecule has 4 nitrogen and oxygen atoms in total. The largest absolute Gasteiger partial charge is 0.462 e. The molecule has 0 heterocycles. The zero-order valence-corrected chi connectivity index (χ0v) is 17.9. The first-order valence-electron chi connectivity index (χ1n) is 10.5. The molecular formula is C22H42O4. The fraction of sp³-hybridized carbons (Fsp3) is 0.864. The summed E-state index contributed by atoms with van der Waals surface area (Å²) in [6.45, 7) is 15.7. The maximum atomic E-state index is 11.4. The van der Waals surface area contributed by atoms with E-state index in [9.17, 15) is 4.79 Å². The monoisotopic (exact) mass is 370 g/mol. The molecular weight excluding hydrogens is 328 g/mol. The molecule has 0 fully saturated rings. The predicted molar refractivity (Wildman–Crippen MR) is 108 cm³/mol. The molecule has 0 aromatic heterocycles. The molecule has 0 N–H and O–H groups in total. The van der Waals surface area contributed by atoms with Gasteiger partial charge >= 0.3 is 5.97 Å². The second kappa shape index (κ2) is 15.2. The molecule has 0 aliphatic rings. The van der Waals surface area contributed by atoms with Gasteiger partial charge in [-0.05, 0) is 52.4 Å². The number of ether oxygens (including phenoxy) is 3. The highest BCUT2D eigenvalue weighted by atomic mass is 16.7. The molecule has 0 aliphatic heterocycles. The van der Waals surface area contributed by atoms with E-state index in [1.807, 2.05) is 13.8 Å². The van der Waals surface area contributed by atoms with Crippen LogP contribution in [0.5, 0.6) is 0 Å². The zero-order valence-electron chi connectivity index (χ0n) is 17.9. The summed E-state index contributed by atoms with van der Waals surface area (Å²) in [6.07, 6.45) is 9.72. The van der Waals surface area contributed by atoms with Gasteiger partial charge in [0, 0.05) is 31.6 Å². The molecule has 0 aromatic rings. The SMILES string of the molecule is C=C(C)C(=O)OCCCC(C)CCCC(CCCCC)(OCC)OCC. The first-order chi connectivity index (χ1) is 12.4. The summed E-state index contributed by atoms with van der Waals surface area (Å²) in [5.74, 6) is -0.0897. The van der Waals surface area contributed by atoms with Crippen LogP contribution in [0.2, 0.25) is 0 Å². The molecule has 0 rings (SSSR count). The van der Waals surface area contributed by atoms with Gasteiger partial charge in [-0.1, -0.05) is 39.7 Å². The van der Waals surface area contributed by atoms with Crippen LogP contribution in [0.1, 0.15) is 92.4 Å². The van der Waals surface area contributed by atoms with Gasteiger partial charge in [0.1, 0.15) is 0 Å². The predicted octanol–water partition coefficient (Wildman–Crippen LogP) is 6.04. The summed E-state index contributed by atoms with van der Waals surface area (Å²) in [5, 5.41) is 0. The summed E-state index contributed by atoms with van der Waals surface area (Å²) < 4.78 is 17.3. The molecule has 0 amide bonds. The lowest BCUT2D eigenvalue weighted by Gasteiger charge is -2.34. The van der Waals surface area contributed by atoms with E-state index >= 15 is 0 Å². The Labute approximate surface area is 161 Å². The van der Waals surface area contributed by atoms with Crippen molar-refractivity contribution in [3.05, 3.63) is 12.2 Å². The number of carbonyl (C=O) groups is 1. The fourth-order valence-electron chi connectivity index (χ4n) is 3.21. The van der Waals surface area contributed by atoms with E-state index in [0.29, 0.717) is 31.3 Å². The van der Waals surface area contributed by atoms with Crippen LogP contribution in [-0.4, -0.2) is 31.6 Å². The van der Waals surface area contributed by atoms with E-state index in [2.05, 4.69) is 20.4 Å². The molecule has 1 atom stereocenters. The Hall–Kier alpha value is -0.870. The molecule has 0 saturated carbocycles. The van der Waals surface area contributed by atoms with E-state index in [1.165, 1.54) is 12.8 Å². The summed E-state index contributed by atoms with van der Waals surface area (Å²) in [6, 6.07) is 0. The number of hydrogen-bond donors (Lipinski definition) is 0. The van der Waals surface area contributed by atoms with Crippen molar-refractivity contribution in [3.8, 4) is 0 Å². The molecule has 0 bridgehead atoms. The van der Waals surface area contributed by atoms with Crippen molar-refractivity contribution in [1.82, 2.24) is 0 Å². The van der Waals surface area contributed by atoms with Crippen LogP contribution in [0, 0.1) is 5.92 Å². The first kappa shape index (κ1) is 25.1. The highest BCUT2D eigenvalue weighted by molar-refractivity contribution is 5.86. The number of esters is 1. The number of rotatable bonds is 17. The maximum absolute atomic E-state index is 11.4. The second-order valence-electron chi connectivity index (χ2n) is 7.29. The van der Waals surface area contributed by atoms with Crippen LogP contribution in [0.4, 0.5) is 0 Å². The van der Waals surface area contributed by atoms with Crippen LogP contribution in [0.25, 0.3) is 0 Å². The molecule has 4 heteroatoms. The van der Waals surface area contributed by atoms with E-state index < -0.39 is 5.79 Å². The van der Waals surface area contributed by atoms with Crippen LogP contribution >= 0.6 is 0 Å². The Balaban J connectivity index is 4.20. The number of unbranched alkanes of at least 4 members (excludes halogenated alkanes) is 2. The summed E-state index contributed by atoms with van der Waals surface area (Å²) in [7, 11) is 0. The van der Waals surface area contributed by atoms with Gasteiger partial charge in [-0.3, -0.25) is 0 Å². The first-order valence-corrected chi connectivity index (χ1v) is 10.5. The standard InChI is InChI=1S/C22H42O4/c1-7-10-11-16-22(25-8-2,26-9-3)17-12-14-20(6)15-13-18-24-21(23)19(4)5/h20H,4,7-18H2,1-3,5-6H3. The minimum Gasteiger partial charge on any atom is -0.462 e. The number of carbonyl (C=O) groups excluding carboxylic acids is 1. The second-order valence-corrected chi connectivity index (χ2v) is 7.29. The average Bonchev–Trinajstić information content (AvgIpc) is 2.59. The van der Waals surface area contributed by atoms with Crippen LogP contribution in [0.15, 0.2) is 12.2 Å². The molecule has 1 unspecified atom stereocenters. The van der Waals surface area contributed by atoms with Crippen molar-refractivity contribution >= 4 is 5.97 Å². The Kier molecular flexibility index (Phi) is 14.7. The topological polar surface area (TPSA) is 44.8 Å². The van der Waals surface area contributed by atoms with Crippen molar-refractivity contribution in [3.63, 3.8) is 0 Å². The summed E-state index contributed by atoms with van der Waals surface area (Å²) in [4.78, 5) is 11.4. The Morgan fingerprint density at radius 3 is 2.08 bits per heavy atom. The quantitative estimate of drug-likeness (QED) is 0.135. The van der Waals surface area contributed by atoms with Crippen LogP contribution in [-0.2, 0) is 19.0 Å². The van der Waals surface area contributed by atoms with Gasteiger partial charge in [-0.2, -0.15) is 0 Å². The Bertz CT molecular complexity index is 372. The molecule has 0 radical (unpaired) electrons. The Morgan fingerprint density at radius 1 is 0.962 bits per heavy atom. The third kappa shape index (κ3) is 11.7. The van der Waals surface area contributed by atoms with Gasteiger partial charge in [-0.15, -0.1) is 0 Å². The van der Waals surface area contributed by atoms with Gasteiger partial charge in [0.25, 0.3) is 0 Å². The van der Waals surface area contributed by atoms with Crippen molar-refractivity contribution in [2.45, 2.75) is 98.2 Å². The average molecular weight is 371 g/mol. The van der Waals surface area contributed by atoms with Crippen molar-refractivity contribution < 1.29 is 19.0 Å². The third-order valence-electron chi connectivity index (χ3n) is 4.65. The highest BCUT2D eigenvalue weighted by Crippen LogP contribution is 2.29. The maximum Gasteiger partial charge on any atom is 0.333 e. The molecule has 26 heavy (non-hydrogen) atoms. The van der Waals surface area contributed by atoms with Gasteiger partial charge in [0.05, 0.1) is 6.61 Å². The molecule has 0 saturated heterocycles. The zero-order chi connectivity index (χ0) is 19.8. The highest BCUT2D eigenvalue weighted by Gasteiger charge is 2.30. The van der Waals surface area contributed by atoms with Gasteiger partial charge in [0.2, 0.25) is 0 Å². The van der Waals surface area contributed by atoms with Gasteiger partial charge in [-0.25, -0.2) is 4.79 Å². The lowest BCUT2D eigenvalue weighted by molar-refractivity contribution is -0.242. The number of hydrogen-bond acceptors (Lipinski definition) is 4. The van der Waals surface area contributed by atoms with Gasteiger partial charge in [0.15, 0.2) is 5.79 Å². The van der Waals surface area contributed by atoms with E-state index in [1.54, 1.807) is 6.92 Å². The molecule has 0 spiro atoms. The van der Waals surface area contributed by atoms with E-state index in [-0.39, 0.29) is 5.97 Å². The van der Waals surface area contributed by atoms with Crippen molar-refractivity contribution in [2.75, 3.05) is 19.8 Å². The van der Waals surface area contributed by atoms with Crippen molar-refractivity contribution in [1.29, 1.82) is 0 Å². The van der Waals surface area contributed by atoms with Crippen LogP contribution < -0.4 is 0 Å². The van der Waals surface area contributed by atoms with E-state index in [4.69, 9.17) is 14.2 Å². The summed E-state index contributed by atoms with van der Waals surface area (Å²) >= 11 is 0. The lowest BCUT2D eigenvalue weighted by atomic mass is 9.95. The molecule has 0 aliphatic carbocycles. The minimum atomic E-state index is -0.407. The summed E-state index contributed by atoms with van der Waals surface area (Å²) in [5.41, 5.74) is 0.462. The fourth-order valence-corrected chi connectivity index (χ4v) is 3.21. The smallest absolute Gasteiger partial charge is 0.333 e. The van der Waals surface area contributed by atoms with Crippen LogP contribution in [0.3, 0.4) is 0 Å². The van der Waals surface area contributed by atoms with E-state index in [0.717, 1.165) is 44.9 Å². The minimum absolute atomic E-state index is 0.289. The Morgan fingerprint density at radius 2 is 1.54 bits per heavy atom. The van der Waals surface area contributed by atoms with Crippen molar-refractivity contribution in [2.24, 2.45) is 5.92 Å². The van der Waals surface area contributed by atoms with Gasteiger partial charge < -0.3 is 14.2 Å².